The van der Waals surface area contributed by atoms with Gasteiger partial charge in [-0.25, -0.2) is 0 Å². The molecule has 0 saturated heterocycles. The third-order valence-corrected chi connectivity index (χ3v) is 5.24. The Kier molecular flexibility index (Phi) is 5.03. The van der Waals surface area contributed by atoms with Crippen LogP contribution < -0.4 is 9.64 Å². The fourth-order valence-corrected chi connectivity index (χ4v) is 4.13. The van der Waals surface area contributed by atoms with Crippen LogP contribution in [0.25, 0.3) is 10.8 Å². The normalized spacial score (nSPS) is 15.4. The van der Waals surface area contributed by atoms with Crippen molar-refractivity contribution in [2.75, 3.05) is 25.1 Å². The van der Waals surface area contributed by atoms with Gasteiger partial charge in [0.2, 0.25) is 0 Å². The highest BCUT2D eigenvalue weighted by Gasteiger charge is 2.38. The molecule has 1 aliphatic heterocycles. The molecular weight excluding hydrogens is 310 g/mol. The monoisotopic (exact) mass is 339 g/mol. The molecule has 0 spiro atoms. The fraction of sp³-hybridized carbons (Fsp3) is 0.500. The summed E-state index contributed by atoms with van der Waals surface area (Å²) in [5, 5.41) is 2.55. The molecule has 25 heavy (non-hydrogen) atoms. The van der Waals surface area contributed by atoms with Crippen molar-refractivity contribution in [1.82, 2.24) is 0 Å². The summed E-state index contributed by atoms with van der Waals surface area (Å²) >= 11 is 0. The maximum absolute atomic E-state index is 11.1. The third-order valence-electron chi connectivity index (χ3n) is 5.24. The van der Waals surface area contributed by atoms with E-state index in [0.29, 0.717) is 12.2 Å². The molecule has 3 nitrogen and oxygen atoms in total. The number of carbonyl (C=O) groups excluding carboxylic acids is 1. The molecule has 2 aromatic carbocycles. The molecule has 0 bridgehead atoms. The molecule has 0 aliphatic carbocycles. The number of fused-ring (bicyclic) bond motifs is 3. The lowest BCUT2D eigenvalue weighted by molar-refractivity contribution is -0.117. The number of hydrogen-bond acceptors (Lipinski definition) is 3. The molecule has 0 aromatic heterocycles. The summed E-state index contributed by atoms with van der Waals surface area (Å²) in [4.78, 5) is 13.6. The zero-order valence-electron chi connectivity index (χ0n) is 15.9. The first-order valence-corrected chi connectivity index (χ1v) is 9.28. The number of Topliss-reactive ketones (excluding diaryl/α,β-unsaturated/α-hetero) is 1. The molecule has 2 aromatic rings. The number of methoxy groups -OCH3 is 1. The number of unbranched alkanes of at least 4 members (excludes halogenated alkanes) is 2. The Morgan fingerprint density at radius 1 is 1.20 bits per heavy atom. The van der Waals surface area contributed by atoms with Gasteiger partial charge in [-0.1, -0.05) is 44.5 Å². The molecule has 0 radical (unpaired) electrons. The van der Waals surface area contributed by atoms with Gasteiger partial charge >= 0.3 is 0 Å². The number of carbonyl (C=O) groups is 1. The van der Waals surface area contributed by atoms with E-state index < -0.39 is 0 Å². The van der Waals surface area contributed by atoms with Crippen LogP contribution in [0.3, 0.4) is 0 Å². The van der Waals surface area contributed by atoms with Crippen molar-refractivity contribution in [3.63, 3.8) is 0 Å². The summed E-state index contributed by atoms with van der Waals surface area (Å²) in [6, 6.07) is 10.8. The third kappa shape index (κ3) is 3.51. The average Bonchev–Trinajstić information content (AvgIpc) is 2.85. The Morgan fingerprint density at radius 3 is 2.68 bits per heavy atom. The zero-order valence-corrected chi connectivity index (χ0v) is 15.9. The Hall–Kier alpha value is -2.03. The van der Waals surface area contributed by atoms with Crippen molar-refractivity contribution in [2.45, 2.75) is 51.9 Å². The highest BCUT2D eigenvalue weighted by molar-refractivity contribution is 5.99. The van der Waals surface area contributed by atoms with Gasteiger partial charge in [0.25, 0.3) is 0 Å². The van der Waals surface area contributed by atoms with Gasteiger partial charge < -0.3 is 14.4 Å². The summed E-state index contributed by atoms with van der Waals surface area (Å²) in [5.41, 5.74) is 2.74. The van der Waals surface area contributed by atoms with E-state index in [9.17, 15) is 4.79 Å². The standard InChI is InChI=1S/C22H29NO2/c1-16(24)10-6-5-9-13-23-15-22(2,3)20-19(25-4)14-17-11-7-8-12-18(17)21(20)23/h7-8,11-12,14H,5-6,9-10,13,15H2,1-4H3. The number of hydrogen-bond donors (Lipinski definition) is 0. The smallest absolute Gasteiger partial charge is 0.129 e. The molecule has 3 rings (SSSR count). The number of ketones is 1. The average molecular weight is 339 g/mol. The minimum Gasteiger partial charge on any atom is -0.496 e. The number of nitrogens with zero attached hydrogens (tertiary/aromatic N) is 1. The van der Waals surface area contributed by atoms with Crippen LogP contribution in [0.15, 0.2) is 30.3 Å². The number of ether oxygens (including phenoxy) is 1. The maximum atomic E-state index is 11.1. The quantitative estimate of drug-likeness (QED) is 0.658. The minimum atomic E-state index is 0.0735. The molecule has 0 saturated carbocycles. The van der Waals surface area contributed by atoms with E-state index in [1.807, 2.05) is 0 Å². The zero-order chi connectivity index (χ0) is 18.0. The molecule has 0 unspecified atom stereocenters. The van der Waals surface area contributed by atoms with E-state index in [4.69, 9.17) is 4.74 Å². The Bertz CT molecular complexity index is 779. The van der Waals surface area contributed by atoms with Crippen molar-refractivity contribution < 1.29 is 9.53 Å². The second kappa shape index (κ2) is 7.07. The van der Waals surface area contributed by atoms with Gasteiger partial charge in [-0.3, -0.25) is 0 Å². The summed E-state index contributed by atoms with van der Waals surface area (Å²) in [6.45, 7) is 8.33. The fourth-order valence-electron chi connectivity index (χ4n) is 4.13. The Morgan fingerprint density at radius 2 is 1.96 bits per heavy atom. The molecule has 0 atom stereocenters. The van der Waals surface area contributed by atoms with E-state index in [0.717, 1.165) is 38.1 Å². The van der Waals surface area contributed by atoms with Crippen LogP contribution in [0, 0.1) is 0 Å². The first-order valence-electron chi connectivity index (χ1n) is 9.28. The van der Waals surface area contributed by atoms with E-state index in [-0.39, 0.29) is 5.41 Å². The van der Waals surface area contributed by atoms with Crippen LogP contribution in [-0.4, -0.2) is 26.0 Å². The van der Waals surface area contributed by atoms with Crippen molar-refractivity contribution in [3.05, 3.63) is 35.9 Å². The predicted octanol–water partition coefficient (Wildman–Crippen LogP) is 5.10. The Balaban J connectivity index is 1.90. The van der Waals surface area contributed by atoms with Gasteiger partial charge in [0.1, 0.15) is 11.5 Å². The van der Waals surface area contributed by atoms with Crippen molar-refractivity contribution >= 4 is 22.2 Å². The van der Waals surface area contributed by atoms with Gasteiger partial charge in [0.05, 0.1) is 12.8 Å². The summed E-state index contributed by atoms with van der Waals surface area (Å²) in [5.74, 6) is 1.29. The highest BCUT2D eigenvalue weighted by atomic mass is 16.5. The second-order valence-corrected chi connectivity index (χ2v) is 7.84. The predicted molar refractivity (Wildman–Crippen MR) is 105 cm³/mol. The van der Waals surface area contributed by atoms with Crippen LogP contribution in [0.5, 0.6) is 5.75 Å². The van der Waals surface area contributed by atoms with Crippen molar-refractivity contribution in [2.24, 2.45) is 0 Å². The molecule has 3 heteroatoms. The number of rotatable bonds is 7. The van der Waals surface area contributed by atoms with Crippen LogP contribution >= 0.6 is 0 Å². The second-order valence-electron chi connectivity index (χ2n) is 7.84. The van der Waals surface area contributed by atoms with Crippen LogP contribution in [0.2, 0.25) is 0 Å². The van der Waals surface area contributed by atoms with E-state index in [1.165, 1.54) is 22.0 Å². The van der Waals surface area contributed by atoms with Crippen molar-refractivity contribution in [3.8, 4) is 5.75 Å². The molecule has 0 N–H and O–H groups in total. The van der Waals surface area contributed by atoms with E-state index in [2.05, 4.69) is 49.1 Å². The largest absolute Gasteiger partial charge is 0.496 e. The van der Waals surface area contributed by atoms with Crippen LogP contribution in [-0.2, 0) is 10.2 Å². The molecular formula is C22H29NO2. The number of anilines is 1. The summed E-state index contributed by atoms with van der Waals surface area (Å²) < 4.78 is 5.75. The SMILES string of the molecule is COc1cc2ccccc2c2c1C(C)(C)CN2CCCCCC(C)=O. The summed E-state index contributed by atoms with van der Waals surface area (Å²) in [7, 11) is 1.77. The molecule has 134 valence electrons. The Labute approximate surface area is 151 Å². The topological polar surface area (TPSA) is 29.5 Å². The number of benzene rings is 2. The molecule has 0 amide bonds. The lowest BCUT2D eigenvalue weighted by atomic mass is 9.85. The molecule has 1 heterocycles. The van der Waals surface area contributed by atoms with Gasteiger partial charge in [-0.2, -0.15) is 0 Å². The van der Waals surface area contributed by atoms with E-state index in [1.54, 1.807) is 14.0 Å². The summed E-state index contributed by atoms with van der Waals surface area (Å²) in [6.07, 6.45) is 3.93. The first kappa shape index (κ1) is 17.8. The van der Waals surface area contributed by atoms with Gasteiger partial charge in [0.15, 0.2) is 0 Å². The van der Waals surface area contributed by atoms with Crippen LogP contribution in [0.1, 0.15) is 52.0 Å². The van der Waals surface area contributed by atoms with Crippen LogP contribution in [0.4, 0.5) is 5.69 Å². The van der Waals surface area contributed by atoms with E-state index >= 15 is 0 Å². The molecule has 0 fully saturated rings. The van der Waals surface area contributed by atoms with Gasteiger partial charge in [-0.15, -0.1) is 0 Å². The first-order chi connectivity index (χ1) is 11.9. The minimum absolute atomic E-state index is 0.0735. The maximum Gasteiger partial charge on any atom is 0.129 e. The van der Waals surface area contributed by atoms with Gasteiger partial charge in [-0.05, 0) is 31.2 Å². The van der Waals surface area contributed by atoms with Gasteiger partial charge in [0, 0.05) is 35.9 Å². The lowest BCUT2D eigenvalue weighted by Gasteiger charge is -2.22. The molecule has 1 aliphatic rings. The van der Waals surface area contributed by atoms with Crippen molar-refractivity contribution in [1.29, 1.82) is 0 Å². The lowest BCUT2D eigenvalue weighted by Crippen LogP contribution is -2.29. The highest BCUT2D eigenvalue weighted by Crippen LogP contribution is 2.49.